The Bertz CT molecular complexity index is 1180. The lowest BCUT2D eigenvalue weighted by molar-refractivity contribution is -0.210. The predicted molar refractivity (Wildman–Crippen MR) is 166 cm³/mol. The van der Waals surface area contributed by atoms with Crippen molar-refractivity contribution in [2.75, 3.05) is 26.3 Å². The Balaban J connectivity index is 1.46. The second-order valence-corrected chi connectivity index (χ2v) is 16.8. The van der Waals surface area contributed by atoms with Gasteiger partial charge in [-0.2, -0.15) is 0 Å². The zero-order valence-corrected chi connectivity index (χ0v) is 28.1. The molecule has 7 nitrogen and oxygen atoms in total. The van der Waals surface area contributed by atoms with Crippen LogP contribution in [0.3, 0.4) is 0 Å². The van der Waals surface area contributed by atoms with Crippen LogP contribution in [0.4, 0.5) is 0 Å². The summed E-state index contributed by atoms with van der Waals surface area (Å²) in [5.74, 6) is 0.321. The molecular formula is C36H57NO6. The molecule has 0 heterocycles. The fraction of sp³-hybridized carbons (Fsp3) is 0.861. The van der Waals surface area contributed by atoms with E-state index in [-0.39, 0.29) is 69.3 Å². The van der Waals surface area contributed by atoms with Crippen molar-refractivity contribution in [3.63, 3.8) is 0 Å². The summed E-state index contributed by atoms with van der Waals surface area (Å²) in [6.07, 6.45) is 10.3. The molecule has 0 aromatic rings. The molecule has 7 heteroatoms. The van der Waals surface area contributed by atoms with Crippen LogP contribution in [-0.2, 0) is 23.9 Å². The van der Waals surface area contributed by atoms with Crippen LogP contribution in [0.5, 0.6) is 0 Å². The highest BCUT2D eigenvalue weighted by molar-refractivity contribution is 5.95. The molecule has 5 aliphatic carbocycles. The minimum absolute atomic E-state index is 0.0602. The Labute approximate surface area is 259 Å². The number of hydrogen-bond acceptors (Lipinski definition) is 7. The van der Waals surface area contributed by atoms with Crippen LogP contribution in [0, 0.1) is 50.2 Å². The third kappa shape index (κ3) is 4.94. The largest absolute Gasteiger partial charge is 0.464 e. The Hall–Kier alpha value is -1.73. The van der Waals surface area contributed by atoms with E-state index in [0.29, 0.717) is 25.6 Å². The van der Waals surface area contributed by atoms with Crippen molar-refractivity contribution in [3.05, 3.63) is 11.6 Å². The predicted octanol–water partition coefficient (Wildman–Crippen LogP) is 6.02. The van der Waals surface area contributed by atoms with E-state index in [2.05, 4.69) is 59.9 Å². The minimum atomic E-state index is -0.580. The van der Waals surface area contributed by atoms with Gasteiger partial charge in [0.05, 0.1) is 12.0 Å². The Morgan fingerprint density at radius 1 is 0.953 bits per heavy atom. The number of aliphatic hydroxyl groups excluding tert-OH is 1. The molecule has 0 spiro atoms. The lowest BCUT2D eigenvalue weighted by Crippen LogP contribution is -2.66. The summed E-state index contributed by atoms with van der Waals surface area (Å²) in [4.78, 5) is 40.0. The van der Waals surface area contributed by atoms with Crippen LogP contribution in [-0.4, -0.2) is 55.2 Å². The van der Waals surface area contributed by atoms with Gasteiger partial charge in [0.1, 0.15) is 12.7 Å². The highest BCUT2D eigenvalue weighted by Crippen LogP contribution is 2.75. The highest BCUT2D eigenvalue weighted by Gasteiger charge is 2.70. The summed E-state index contributed by atoms with van der Waals surface area (Å²) in [5.41, 5.74) is 0.143. The first-order valence-corrected chi connectivity index (χ1v) is 16.9. The monoisotopic (exact) mass is 599 g/mol. The van der Waals surface area contributed by atoms with E-state index < -0.39 is 5.41 Å². The van der Waals surface area contributed by atoms with Crippen LogP contribution in [0.1, 0.15) is 113 Å². The van der Waals surface area contributed by atoms with Crippen molar-refractivity contribution in [2.24, 2.45) is 50.2 Å². The van der Waals surface area contributed by atoms with Gasteiger partial charge in [0.15, 0.2) is 5.78 Å². The normalized spacial score (nSPS) is 45.0. The first-order chi connectivity index (χ1) is 20.0. The fourth-order valence-electron chi connectivity index (χ4n) is 11.3. The van der Waals surface area contributed by atoms with Crippen LogP contribution in [0.25, 0.3) is 0 Å². The van der Waals surface area contributed by atoms with Crippen molar-refractivity contribution in [1.29, 1.82) is 0 Å². The number of fused-ring (bicyclic) bond motifs is 7. The molecule has 0 bridgehead atoms. The third-order valence-electron chi connectivity index (χ3n) is 14.1. The number of carbonyl (C=O) groups excluding carboxylic acids is 3. The molecule has 4 fully saturated rings. The number of hydrogen-bond donors (Lipinski definition) is 2. The van der Waals surface area contributed by atoms with Gasteiger partial charge < -0.3 is 19.9 Å². The van der Waals surface area contributed by atoms with Gasteiger partial charge in [0.25, 0.3) is 0 Å². The van der Waals surface area contributed by atoms with Gasteiger partial charge in [-0.1, -0.05) is 47.1 Å². The smallest absolute Gasteiger partial charge is 0.311 e. The van der Waals surface area contributed by atoms with E-state index in [9.17, 15) is 14.4 Å². The van der Waals surface area contributed by atoms with Crippen LogP contribution < -0.4 is 5.32 Å². The van der Waals surface area contributed by atoms with Crippen molar-refractivity contribution in [3.8, 4) is 0 Å². The van der Waals surface area contributed by atoms with E-state index in [4.69, 9.17) is 14.6 Å². The number of nitrogens with one attached hydrogen (secondary N) is 1. The molecule has 0 saturated heterocycles. The van der Waals surface area contributed by atoms with Gasteiger partial charge in [0, 0.05) is 31.3 Å². The number of ketones is 1. The molecule has 5 rings (SSSR count). The van der Waals surface area contributed by atoms with Crippen molar-refractivity contribution < 1.29 is 29.0 Å². The van der Waals surface area contributed by atoms with Crippen molar-refractivity contribution >= 4 is 17.7 Å². The highest BCUT2D eigenvalue weighted by atomic mass is 16.5. The van der Waals surface area contributed by atoms with Crippen LogP contribution >= 0.6 is 0 Å². The molecule has 0 amide bonds. The second kappa shape index (κ2) is 11.0. The quantitative estimate of drug-likeness (QED) is 0.272. The molecule has 9 atom stereocenters. The van der Waals surface area contributed by atoms with Gasteiger partial charge in [-0.25, -0.2) is 0 Å². The summed E-state index contributed by atoms with van der Waals surface area (Å²) < 4.78 is 11.6. The zero-order chi connectivity index (χ0) is 31.6. The fourth-order valence-corrected chi connectivity index (χ4v) is 11.3. The SMILES string of the molecule is CC(=O)O[C@H]1CC[C@]2(C)[C@H]3C(=O)C=C4[C@@H]5C[C@@](C)(C(=O)OCCNCCO)CC[C@]5(C)CC[C@@]4(C)[C@]3(C)CC[C@H]2C1(C)C. The topological polar surface area (TPSA) is 102 Å². The maximum absolute atomic E-state index is 14.6. The van der Waals surface area contributed by atoms with E-state index >= 15 is 0 Å². The molecule has 0 aromatic heterocycles. The number of ether oxygens (including phenoxy) is 2. The van der Waals surface area contributed by atoms with Gasteiger partial charge in [0.2, 0.25) is 0 Å². The van der Waals surface area contributed by atoms with E-state index in [0.717, 1.165) is 57.8 Å². The lowest BCUT2D eigenvalue weighted by Gasteiger charge is -2.70. The summed E-state index contributed by atoms with van der Waals surface area (Å²) >= 11 is 0. The molecule has 2 N–H and O–H groups in total. The van der Waals surface area contributed by atoms with Crippen molar-refractivity contribution in [1.82, 2.24) is 5.32 Å². The molecule has 43 heavy (non-hydrogen) atoms. The van der Waals surface area contributed by atoms with Gasteiger partial charge >= 0.3 is 11.9 Å². The first-order valence-electron chi connectivity index (χ1n) is 16.9. The van der Waals surface area contributed by atoms with E-state index in [1.165, 1.54) is 12.5 Å². The van der Waals surface area contributed by atoms with E-state index in [1.54, 1.807) is 0 Å². The third-order valence-corrected chi connectivity index (χ3v) is 14.1. The summed E-state index contributed by atoms with van der Waals surface area (Å²) in [6.45, 7) is 19.0. The molecule has 0 radical (unpaired) electrons. The molecular weight excluding hydrogens is 542 g/mol. The lowest BCUT2D eigenvalue weighted by atomic mass is 9.33. The summed E-state index contributed by atoms with van der Waals surface area (Å²) in [6, 6.07) is 0. The molecule has 0 aromatic carbocycles. The molecule has 0 unspecified atom stereocenters. The average molecular weight is 600 g/mol. The van der Waals surface area contributed by atoms with Crippen LogP contribution in [0.2, 0.25) is 0 Å². The average Bonchev–Trinajstić information content (AvgIpc) is 2.92. The number of carbonyl (C=O) groups is 3. The van der Waals surface area contributed by atoms with Gasteiger partial charge in [-0.15, -0.1) is 0 Å². The molecule has 5 aliphatic rings. The molecule has 0 aliphatic heterocycles. The van der Waals surface area contributed by atoms with Gasteiger partial charge in [-0.05, 0) is 104 Å². The zero-order valence-electron chi connectivity index (χ0n) is 28.1. The first kappa shape index (κ1) is 32.7. The van der Waals surface area contributed by atoms with Crippen molar-refractivity contribution in [2.45, 2.75) is 119 Å². The maximum Gasteiger partial charge on any atom is 0.311 e. The second-order valence-electron chi connectivity index (χ2n) is 16.8. The number of rotatable bonds is 7. The summed E-state index contributed by atoms with van der Waals surface area (Å²) in [5, 5.41) is 12.1. The number of aliphatic hydroxyl groups is 1. The standard InChI is InChI=1S/C36H57NO6/c1-23(39)43-28-10-11-34(6)27(31(28,2)3)9-12-36(8)29(34)26(40)21-24-25-22-33(5,30(41)42-20-18-37-17-19-38)14-13-32(25,4)15-16-35(24,36)7/h21,25,27-29,37-38H,9-20,22H2,1-8H3/t25-,27-,28-,29+,32+,33-,34-,35+,36+/m0/s1. The molecule has 242 valence electrons. The van der Waals surface area contributed by atoms with E-state index in [1.807, 2.05) is 0 Å². The number of esters is 2. The Morgan fingerprint density at radius 3 is 2.33 bits per heavy atom. The molecule has 4 saturated carbocycles. The van der Waals surface area contributed by atoms with Gasteiger partial charge in [-0.3, -0.25) is 14.4 Å². The van der Waals surface area contributed by atoms with Crippen LogP contribution in [0.15, 0.2) is 11.6 Å². The summed E-state index contributed by atoms with van der Waals surface area (Å²) in [7, 11) is 0. The minimum Gasteiger partial charge on any atom is -0.464 e. The number of allylic oxidation sites excluding steroid dienone is 2. The Kier molecular flexibility index (Phi) is 8.32. The maximum atomic E-state index is 14.6. The Morgan fingerprint density at radius 2 is 1.65 bits per heavy atom.